The number of benzene rings is 2. The number of carbonyl (C=O) groups excluding carboxylic acids is 3. The van der Waals surface area contributed by atoms with Gasteiger partial charge in [-0.15, -0.1) is 0 Å². The van der Waals surface area contributed by atoms with Crippen LogP contribution in [0.25, 0.3) is 78.0 Å². The van der Waals surface area contributed by atoms with Crippen LogP contribution in [-0.4, -0.2) is 156 Å². The summed E-state index contributed by atoms with van der Waals surface area (Å²) in [5.74, 6) is 0. The van der Waals surface area contributed by atoms with Crippen LogP contribution in [0.1, 0.15) is 189 Å². The lowest BCUT2D eigenvalue weighted by Crippen LogP contribution is -2.41. The number of ether oxygens (including phenoxy) is 4. The number of aryl methyl sites for hydroxylation is 2. The van der Waals surface area contributed by atoms with Gasteiger partial charge >= 0.3 is 25.4 Å². The van der Waals surface area contributed by atoms with Crippen molar-refractivity contribution < 1.29 is 42.6 Å². The number of fused-ring (bicyclic) bond motifs is 2. The van der Waals surface area contributed by atoms with E-state index in [1.165, 1.54) is 12.0 Å². The maximum Gasteiger partial charge on any atom is 0.498 e. The van der Waals surface area contributed by atoms with E-state index in [9.17, 15) is 14.4 Å². The summed E-state index contributed by atoms with van der Waals surface area (Å²) in [5, 5.41) is 29.5. The van der Waals surface area contributed by atoms with Gasteiger partial charge in [-0.2, -0.15) is 25.1 Å². The van der Waals surface area contributed by atoms with Crippen molar-refractivity contribution in [3.05, 3.63) is 149 Å². The van der Waals surface area contributed by atoms with Gasteiger partial charge in [-0.1, -0.05) is 24.3 Å². The average molecular weight is 1510 g/mol. The molecule has 3 N–H and O–H groups in total. The Balaban J connectivity index is 0.000000143. The van der Waals surface area contributed by atoms with Gasteiger partial charge < -0.3 is 43.4 Å². The molecule has 8 aromatic heterocycles. The molecule has 10 aromatic rings. The zero-order valence-corrected chi connectivity index (χ0v) is 65.3. The Kier molecular flexibility index (Phi) is 22.9. The Bertz CT molecular complexity index is 4730. The molecule has 0 bridgehead atoms. The first-order valence-electron chi connectivity index (χ1n) is 36.8. The Hall–Kier alpha value is -9.21. The normalized spacial score (nSPS) is 18.6. The van der Waals surface area contributed by atoms with Crippen molar-refractivity contribution in [1.82, 2.24) is 75.0 Å². The summed E-state index contributed by atoms with van der Waals surface area (Å²) in [6.45, 7) is 32.9. The minimum Gasteiger partial charge on any atom is -0.444 e. The summed E-state index contributed by atoms with van der Waals surface area (Å²) in [5.41, 5.74) is 14.3. The van der Waals surface area contributed by atoms with Gasteiger partial charge in [-0.3, -0.25) is 30.1 Å². The Labute approximate surface area is 629 Å². The van der Waals surface area contributed by atoms with Gasteiger partial charge in [0.25, 0.3) is 0 Å². The van der Waals surface area contributed by atoms with E-state index < -0.39 is 35.6 Å². The third kappa shape index (κ3) is 18.1. The molecule has 2 amide bonds. The standard InChI is InChI=1S/C32H36BrN5O3.C25H23N7.C14H23BN2O4.C9H17NO2/c1-20-9-7-10-26(35-20)30-23(19-38(36-30)28-12-5-6-16-40-28)21-13-14-25-22(17-21)29(24(33)18-34-25)27-11-8-15-37(27)31(39)41-32(2,3)4;1-15-4-2-5-23(31-15)25-20(14-30-32-25)16-7-8-21-18(10-16)24(22-6-3-9-26-22)19(13-27-21)17-11-28-29-12-17;1-12(2,3)19-11(18)17-9-10(8-16-17)15-20-13(4,5)14(6,7)21-15;1-9(2,3)12-8(11)10-6-4-5-7-10/h7,9-10,13-14,17-19,27-28H,5-6,8,11-12,15-16H2,1-4H3;2,4-5,7-8,10-14,22,26H,3,6,9H2,1H3,(H,28,29)(H,30,32);8-9H,1-7H3;4-7H2,1-3H3. The highest BCUT2D eigenvalue weighted by molar-refractivity contribution is 9.10. The Morgan fingerprint density at radius 3 is 1.87 bits per heavy atom. The van der Waals surface area contributed by atoms with Crippen LogP contribution in [0.15, 0.2) is 127 Å². The molecular formula is C80H99BBrN15O9. The number of amides is 2. The number of H-pyrrole nitrogens is 2. The van der Waals surface area contributed by atoms with Crippen molar-refractivity contribution in [2.75, 3.05) is 32.8 Å². The first-order chi connectivity index (χ1) is 50.4. The number of rotatable bonds is 9. The molecule has 5 aliphatic rings. The zero-order chi connectivity index (χ0) is 75.5. The molecule has 0 aliphatic carbocycles. The van der Waals surface area contributed by atoms with Crippen LogP contribution >= 0.6 is 15.9 Å². The Morgan fingerprint density at radius 2 is 1.25 bits per heavy atom. The zero-order valence-electron chi connectivity index (χ0n) is 63.7. The topological polar surface area (TPSA) is 270 Å². The number of nitrogens with one attached hydrogen (secondary N) is 3. The van der Waals surface area contributed by atoms with Crippen molar-refractivity contribution in [3.8, 4) is 56.2 Å². The molecule has 2 aromatic carbocycles. The molecule has 0 saturated carbocycles. The lowest BCUT2D eigenvalue weighted by Gasteiger charge is -2.32. The highest BCUT2D eigenvalue weighted by atomic mass is 79.9. The molecule has 0 radical (unpaired) electrons. The fraction of sp³-hybridized carbons (Fsp3) is 0.463. The molecule has 5 saturated heterocycles. The van der Waals surface area contributed by atoms with Crippen LogP contribution in [0.2, 0.25) is 0 Å². The fourth-order valence-electron chi connectivity index (χ4n) is 13.6. The molecule has 3 atom stereocenters. The lowest BCUT2D eigenvalue weighted by molar-refractivity contribution is -0.0393. The number of likely N-dealkylation sites (tertiary alicyclic amines) is 2. The van der Waals surface area contributed by atoms with Crippen molar-refractivity contribution in [1.29, 1.82) is 0 Å². The maximum atomic E-state index is 13.2. The van der Waals surface area contributed by atoms with Gasteiger partial charge in [0.05, 0.1) is 57.8 Å². The quantitative estimate of drug-likeness (QED) is 0.0895. The number of carbonyl (C=O) groups is 3. The van der Waals surface area contributed by atoms with E-state index in [0.29, 0.717) is 18.0 Å². The largest absolute Gasteiger partial charge is 0.498 e. The summed E-state index contributed by atoms with van der Waals surface area (Å²) >= 11 is 3.78. The fourth-order valence-corrected chi connectivity index (χ4v) is 14.2. The second-order valence-electron chi connectivity index (χ2n) is 31.7. The predicted molar refractivity (Wildman–Crippen MR) is 414 cm³/mol. The van der Waals surface area contributed by atoms with E-state index in [1.54, 1.807) is 17.3 Å². The third-order valence-electron chi connectivity index (χ3n) is 19.4. The van der Waals surface area contributed by atoms with Gasteiger partial charge in [0.2, 0.25) is 0 Å². The average Bonchev–Trinajstić information content (AvgIpc) is 1.75. The summed E-state index contributed by atoms with van der Waals surface area (Å²) in [7, 11) is -0.536. The smallest absolute Gasteiger partial charge is 0.444 e. The molecule has 26 heteroatoms. The van der Waals surface area contributed by atoms with E-state index in [0.717, 1.165) is 182 Å². The monoisotopic (exact) mass is 1500 g/mol. The molecule has 558 valence electrons. The van der Waals surface area contributed by atoms with Gasteiger partial charge in [0.1, 0.15) is 28.7 Å². The summed E-state index contributed by atoms with van der Waals surface area (Å²) in [6, 6.07) is 25.0. The van der Waals surface area contributed by atoms with Crippen molar-refractivity contribution in [3.63, 3.8) is 0 Å². The maximum absolute atomic E-state index is 13.2. The highest BCUT2D eigenvalue weighted by Gasteiger charge is 2.52. The molecule has 13 heterocycles. The van der Waals surface area contributed by atoms with Gasteiger partial charge in [0, 0.05) is 124 Å². The van der Waals surface area contributed by atoms with Gasteiger partial charge in [-0.05, 0) is 255 Å². The number of pyridine rings is 4. The molecule has 106 heavy (non-hydrogen) atoms. The molecule has 3 unspecified atom stereocenters. The molecule has 24 nitrogen and oxygen atoms in total. The second kappa shape index (κ2) is 31.7. The number of hydrogen-bond acceptors (Lipinski definition) is 18. The van der Waals surface area contributed by atoms with Gasteiger partial charge in [-0.25, -0.2) is 19.1 Å². The number of hydrogen-bond donors (Lipinski definition) is 3. The lowest BCUT2D eigenvalue weighted by atomic mass is 9.82. The number of aromatic amines is 2. The van der Waals surface area contributed by atoms with Crippen LogP contribution in [0, 0.1) is 13.8 Å². The van der Waals surface area contributed by atoms with Crippen LogP contribution in [0.5, 0.6) is 0 Å². The molecule has 5 fully saturated rings. The van der Waals surface area contributed by atoms with Crippen molar-refractivity contribution in [2.24, 2.45) is 0 Å². The first kappa shape index (κ1) is 76.4. The van der Waals surface area contributed by atoms with Crippen molar-refractivity contribution >= 4 is 68.6 Å². The van der Waals surface area contributed by atoms with Gasteiger partial charge in [0.15, 0.2) is 0 Å². The van der Waals surface area contributed by atoms with Crippen LogP contribution in [0.4, 0.5) is 14.4 Å². The summed E-state index contributed by atoms with van der Waals surface area (Å²) in [6.07, 6.45) is 23.1. The second-order valence-corrected chi connectivity index (χ2v) is 32.5. The number of halogens is 1. The summed E-state index contributed by atoms with van der Waals surface area (Å²) < 4.78 is 38.2. The molecular weight excluding hydrogens is 1410 g/mol. The van der Waals surface area contributed by atoms with Crippen molar-refractivity contribution in [2.45, 2.75) is 208 Å². The van der Waals surface area contributed by atoms with E-state index in [2.05, 4.69) is 94.3 Å². The van der Waals surface area contributed by atoms with Crippen LogP contribution in [0.3, 0.4) is 0 Å². The first-order valence-corrected chi connectivity index (χ1v) is 37.6. The highest BCUT2D eigenvalue weighted by Crippen LogP contribution is 2.44. The predicted octanol–water partition coefficient (Wildman–Crippen LogP) is 16.8. The molecule has 15 rings (SSSR count). The summed E-state index contributed by atoms with van der Waals surface area (Å²) in [4.78, 5) is 59.1. The minimum absolute atomic E-state index is 0.0891. The van der Waals surface area contributed by atoms with E-state index >= 15 is 0 Å². The SMILES string of the molecule is CC(C)(C)OC(=O)N1CCCC1.CC(C)(C)OC(=O)n1cc(B2OC(C)(C)C(C)(C)O2)cn1.Cc1cccc(-c2[nH]ncc2-c2ccc3ncc(-c4cn[nH]c4)c(C4CCCN4)c3c2)n1.Cc1cccc(-c2nn(C3CCCCO3)cc2-c2ccc3ncc(Br)c(C4CCCN4C(=O)OC(C)(C)C)c3c2)n1. The van der Waals surface area contributed by atoms with E-state index in [1.807, 2.05) is 181 Å². The van der Waals surface area contributed by atoms with Crippen LogP contribution in [-0.2, 0) is 28.3 Å². The third-order valence-corrected chi connectivity index (χ3v) is 20.0. The number of nitrogens with zero attached hydrogens (tertiary/aromatic N) is 12. The van der Waals surface area contributed by atoms with Crippen LogP contribution < -0.4 is 10.8 Å². The van der Waals surface area contributed by atoms with E-state index in [-0.39, 0.29) is 30.1 Å². The Morgan fingerprint density at radius 1 is 0.613 bits per heavy atom. The number of aromatic nitrogens is 12. The minimum atomic E-state index is -0.562. The molecule has 5 aliphatic heterocycles. The molecule has 0 spiro atoms. The van der Waals surface area contributed by atoms with E-state index in [4.69, 9.17) is 48.3 Å².